The van der Waals surface area contributed by atoms with Crippen molar-refractivity contribution in [2.45, 2.75) is 52.0 Å². The van der Waals surface area contributed by atoms with Gasteiger partial charge in [-0.2, -0.15) is 0 Å². The van der Waals surface area contributed by atoms with Gasteiger partial charge >= 0.3 is 17.9 Å². The van der Waals surface area contributed by atoms with Crippen molar-refractivity contribution in [1.82, 2.24) is 0 Å². The van der Waals surface area contributed by atoms with Gasteiger partial charge in [0.05, 0.1) is 6.61 Å². The molecule has 0 aromatic heterocycles. The predicted octanol–water partition coefficient (Wildman–Crippen LogP) is 2.86. The van der Waals surface area contributed by atoms with Crippen molar-refractivity contribution in [3.63, 3.8) is 0 Å². The second kappa shape index (κ2) is 16.1. The van der Waals surface area contributed by atoms with Crippen LogP contribution in [0.4, 0.5) is 0 Å². The van der Waals surface area contributed by atoms with E-state index in [2.05, 4.69) is 17.9 Å². The van der Waals surface area contributed by atoms with E-state index in [1.165, 1.54) is 6.92 Å². The highest BCUT2D eigenvalue weighted by Gasteiger charge is 2.19. The molecule has 7 heteroatoms. The third-order valence-corrected chi connectivity index (χ3v) is 3.78. The Balaban J connectivity index is 0.000000584. The molecule has 1 aromatic rings. The molecule has 0 saturated heterocycles. The molecule has 0 aliphatic heterocycles. The normalized spacial score (nSPS) is 10.8. The van der Waals surface area contributed by atoms with Crippen LogP contribution in [-0.2, 0) is 30.3 Å². The van der Waals surface area contributed by atoms with Crippen molar-refractivity contribution in [3.05, 3.63) is 60.2 Å². The van der Waals surface area contributed by atoms with Gasteiger partial charge in [0.15, 0.2) is 0 Å². The van der Waals surface area contributed by atoms with Gasteiger partial charge in [0, 0.05) is 17.8 Å². The summed E-state index contributed by atoms with van der Waals surface area (Å²) in [6, 6.07) is 8.44. The molecule has 0 spiro atoms. The summed E-state index contributed by atoms with van der Waals surface area (Å²) in [7, 11) is 0. The van der Waals surface area contributed by atoms with Gasteiger partial charge in [0.25, 0.3) is 0 Å². The van der Waals surface area contributed by atoms with E-state index in [9.17, 15) is 14.4 Å². The average molecular weight is 420 g/mol. The molecule has 3 N–H and O–H groups in total. The fourth-order valence-corrected chi connectivity index (χ4v) is 2.06. The largest absolute Gasteiger partial charge is 0.462 e. The molecule has 1 atom stereocenters. The van der Waals surface area contributed by atoms with E-state index < -0.39 is 18.0 Å². The Morgan fingerprint density at radius 3 is 2.07 bits per heavy atom. The molecule has 0 bridgehead atoms. The highest BCUT2D eigenvalue weighted by Crippen LogP contribution is 2.04. The van der Waals surface area contributed by atoms with Crippen LogP contribution in [-0.4, -0.2) is 42.3 Å². The van der Waals surface area contributed by atoms with E-state index in [1.54, 1.807) is 6.92 Å². The number of rotatable bonds is 11. The number of hydrogen-bond acceptors (Lipinski definition) is 7. The van der Waals surface area contributed by atoms with Gasteiger partial charge in [0.2, 0.25) is 0 Å². The Morgan fingerprint density at radius 1 is 0.967 bits per heavy atom. The summed E-state index contributed by atoms with van der Waals surface area (Å²) >= 11 is 0. The van der Waals surface area contributed by atoms with Crippen LogP contribution in [0.1, 0.15) is 45.1 Å². The Hall–Kier alpha value is -2.77. The quantitative estimate of drug-likeness (QED) is 0.245. The number of nitrogens with two attached hydrogens (primary N) is 1. The molecule has 1 rings (SSSR count). The molecule has 0 aliphatic carbocycles. The van der Waals surface area contributed by atoms with Gasteiger partial charge in [-0.25, -0.2) is 14.4 Å². The minimum absolute atomic E-state index is 0.172. The van der Waals surface area contributed by atoms with Crippen molar-refractivity contribution in [3.8, 4) is 0 Å². The van der Waals surface area contributed by atoms with Crippen LogP contribution in [0, 0.1) is 0 Å². The minimum atomic E-state index is -0.847. The van der Waals surface area contributed by atoms with Crippen LogP contribution in [0.25, 0.3) is 0 Å². The fraction of sp³-hybridized carbons (Fsp3) is 0.435. The van der Waals surface area contributed by atoms with Gasteiger partial charge < -0.3 is 20.3 Å². The van der Waals surface area contributed by atoms with Crippen LogP contribution >= 0.6 is 0 Å². The minimum Gasteiger partial charge on any atom is -0.462 e. The smallest absolute Gasteiger partial charge is 0.340 e. The number of aliphatic hydroxyl groups is 1. The number of ether oxygens (including phenoxy) is 2. The Kier molecular flexibility index (Phi) is 14.6. The summed E-state index contributed by atoms with van der Waals surface area (Å²) in [6.45, 7) is 10.7. The SMILES string of the molecule is C=C(C)C(=O)OC(=O)[C@@H](N)Cc1ccccc1.C=C(C)C(=O)OCCCCCCO. The average Bonchev–Trinajstić information content (AvgIpc) is 2.71. The summed E-state index contributed by atoms with van der Waals surface area (Å²) in [6.07, 6.45) is 4.00. The van der Waals surface area contributed by atoms with Gasteiger partial charge in [-0.15, -0.1) is 0 Å². The van der Waals surface area contributed by atoms with Gasteiger partial charge in [-0.05, 0) is 45.1 Å². The number of esters is 3. The van der Waals surface area contributed by atoms with Crippen molar-refractivity contribution >= 4 is 17.9 Å². The van der Waals surface area contributed by atoms with Gasteiger partial charge in [-0.3, -0.25) is 0 Å². The first kappa shape index (κ1) is 27.2. The van der Waals surface area contributed by atoms with E-state index in [4.69, 9.17) is 15.6 Å². The van der Waals surface area contributed by atoms with E-state index in [0.717, 1.165) is 31.2 Å². The molecule has 0 fully saturated rings. The molecular formula is C23H33NO6. The molecule has 0 heterocycles. The van der Waals surface area contributed by atoms with Crippen LogP contribution in [0.15, 0.2) is 54.6 Å². The van der Waals surface area contributed by atoms with E-state index >= 15 is 0 Å². The monoisotopic (exact) mass is 419 g/mol. The van der Waals surface area contributed by atoms with Crippen molar-refractivity contribution in [2.75, 3.05) is 13.2 Å². The van der Waals surface area contributed by atoms with E-state index in [0.29, 0.717) is 18.6 Å². The topological polar surface area (TPSA) is 116 Å². The molecule has 0 radical (unpaired) electrons. The highest BCUT2D eigenvalue weighted by molar-refractivity contribution is 5.96. The summed E-state index contributed by atoms with van der Waals surface area (Å²) < 4.78 is 9.43. The summed E-state index contributed by atoms with van der Waals surface area (Å²) in [5.74, 6) is -1.79. The molecule has 166 valence electrons. The number of unbranched alkanes of at least 4 members (excludes halogenated alkanes) is 3. The zero-order valence-corrected chi connectivity index (χ0v) is 17.9. The van der Waals surface area contributed by atoms with Crippen molar-refractivity contribution < 1.29 is 29.0 Å². The van der Waals surface area contributed by atoms with Crippen LogP contribution in [0.5, 0.6) is 0 Å². The molecule has 0 amide bonds. The number of aliphatic hydroxyl groups excluding tert-OH is 1. The number of benzene rings is 1. The van der Waals surface area contributed by atoms with Crippen LogP contribution in [0.3, 0.4) is 0 Å². The summed E-state index contributed by atoms with van der Waals surface area (Å²) in [5.41, 5.74) is 7.17. The molecule has 30 heavy (non-hydrogen) atoms. The van der Waals surface area contributed by atoms with Gasteiger partial charge in [0.1, 0.15) is 6.04 Å². The third-order valence-electron chi connectivity index (χ3n) is 3.78. The maximum absolute atomic E-state index is 11.5. The number of hydrogen-bond donors (Lipinski definition) is 2. The number of carbonyl (C=O) groups is 3. The van der Waals surface area contributed by atoms with Crippen molar-refractivity contribution in [1.29, 1.82) is 0 Å². The molecule has 0 unspecified atom stereocenters. The number of carbonyl (C=O) groups excluding carboxylic acids is 3. The van der Waals surface area contributed by atoms with Gasteiger partial charge in [-0.1, -0.05) is 49.9 Å². The summed E-state index contributed by atoms with van der Waals surface area (Å²) in [5, 5.41) is 8.49. The predicted molar refractivity (Wildman–Crippen MR) is 115 cm³/mol. The fourth-order valence-electron chi connectivity index (χ4n) is 2.06. The maximum atomic E-state index is 11.5. The second-order valence-electron chi connectivity index (χ2n) is 6.84. The summed E-state index contributed by atoms with van der Waals surface area (Å²) in [4.78, 5) is 33.4. The van der Waals surface area contributed by atoms with Crippen LogP contribution in [0.2, 0.25) is 0 Å². The highest BCUT2D eigenvalue weighted by atomic mass is 16.6. The van der Waals surface area contributed by atoms with Crippen molar-refractivity contribution in [2.24, 2.45) is 5.73 Å². The first-order valence-electron chi connectivity index (χ1n) is 9.83. The lowest BCUT2D eigenvalue weighted by atomic mass is 10.1. The molecule has 0 saturated carbocycles. The zero-order chi connectivity index (χ0) is 22.9. The zero-order valence-electron chi connectivity index (χ0n) is 17.9. The van der Waals surface area contributed by atoms with E-state index in [1.807, 2.05) is 30.3 Å². The van der Waals surface area contributed by atoms with Crippen LogP contribution < -0.4 is 5.73 Å². The standard InChI is InChI=1S/C13H15NO3.C10H18O3/c1-9(2)12(15)17-13(16)11(14)8-10-6-4-3-5-7-10;1-9(2)10(12)13-8-6-4-3-5-7-11/h3-7,11H,1,8,14H2,2H3;11H,1,3-8H2,2H3/t11-;/m0./s1. The lowest BCUT2D eigenvalue weighted by Crippen LogP contribution is -2.35. The lowest BCUT2D eigenvalue weighted by Gasteiger charge is -2.10. The second-order valence-corrected chi connectivity index (χ2v) is 6.84. The molecule has 0 aliphatic rings. The third kappa shape index (κ3) is 13.4. The first-order chi connectivity index (χ1) is 14.2. The molecular weight excluding hydrogens is 386 g/mol. The Morgan fingerprint density at radius 2 is 1.53 bits per heavy atom. The maximum Gasteiger partial charge on any atom is 0.340 e. The lowest BCUT2D eigenvalue weighted by molar-refractivity contribution is -0.157. The Labute approximate surface area is 178 Å². The molecule has 7 nitrogen and oxygen atoms in total. The Bertz CT molecular complexity index is 699. The first-order valence-corrected chi connectivity index (χ1v) is 9.83. The van der Waals surface area contributed by atoms with E-state index in [-0.39, 0.29) is 18.1 Å². The molecule has 1 aromatic carbocycles.